The number of likely N-dealkylation sites (N-methyl/N-ethyl adjacent to an activating group) is 1. The van der Waals surface area contributed by atoms with Gasteiger partial charge in [-0.2, -0.15) is 0 Å². The Hall–Kier alpha value is -3.38. The molecule has 1 saturated heterocycles. The molecule has 32 heavy (non-hydrogen) atoms. The van der Waals surface area contributed by atoms with E-state index in [1.165, 1.54) is 5.69 Å². The van der Waals surface area contributed by atoms with Gasteiger partial charge in [-0.25, -0.2) is 4.98 Å². The summed E-state index contributed by atoms with van der Waals surface area (Å²) >= 11 is 0. The van der Waals surface area contributed by atoms with Gasteiger partial charge in [0.25, 0.3) is 5.91 Å². The number of benzene rings is 2. The maximum Gasteiger partial charge on any atom is 0.251 e. The minimum Gasteiger partial charge on any atom is -0.383 e. The molecule has 2 aliphatic rings. The fourth-order valence-electron chi connectivity index (χ4n) is 4.83. The van der Waals surface area contributed by atoms with Crippen molar-refractivity contribution >= 4 is 17.4 Å². The molecule has 6 nitrogen and oxygen atoms in total. The first-order chi connectivity index (χ1) is 15.5. The van der Waals surface area contributed by atoms with Crippen LogP contribution in [0.25, 0.3) is 22.3 Å². The van der Waals surface area contributed by atoms with E-state index in [9.17, 15) is 4.79 Å². The molecule has 3 heterocycles. The molecule has 0 spiro atoms. The highest BCUT2D eigenvalue weighted by molar-refractivity contribution is 5.97. The van der Waals surface area contributed by atoms with Crippen molar-refractivity contribution in [1.82, 2.24) is 15.2 Å². The summed E-state index contributed by atoms with van der Waals surface area (Å²) in [6.45, 7) is 6.15. The van der Waals surface area contributed by atoms with Crippen molar-refractivity contribution in [2.24, 2.45) is 0 Å². The molecule has 1 atom stereocenters. The molecule has 1 fully saturated rings. The second-order valence-electron chi connectivity index (χ2n) is 8.89. The van der Waals surface area contributed by atoms with Crippen molar-refractivity contribution in [1.29, 1.82) is 0 Å². The van der Waals surface area contributed by atoms with Crippen LogP contribution in [-0.4, -0.2) is 55.1 Å². The Labute approximate surface area is 189 Å². The lowest BCUT2D eigenvalue weighted by molar-refractivity contribution is 0.0946. The number of nitrogens with zero attached hydrogens (tertiary/aromatic N) is 3. The Kier molecular flexibility index (Phi) is 5.31. The fraction of sp³-hybridized carbons (Fsp3) is 0.308. The molecule has 164 valence electrons. The summed E-state index contributed by atoms with van der Waals surface area (Å²) in [6, 6.07) is 17.2. The molecule has 2 aliphatic heterocycles. The maximum absolute atomic E-state index is 12.1. The first-order valence-corrected chi connectivity index (χ1v) is 11.2. The van der Waals surface area contributed by atoms with Gasteiger partial charge in [-0.15, -0.1) is 0 Å². The van der Waals surface area contributed by atoms with Crippen LogP contribution >= 0.6 is 0 Å². The van der Waals surface area contributed by atoms with Gasteiger partial charge in [0.05, 0.1) is 0 Å². The molecule has 1 aromatic heterocycles. The molecule has 5 rings (SSSR count). The normalized spacial score (nSPS) is 18.9. The molecule has 0 aliphatic carbocycles. The number of piperazine rings is 1. The number of hydrogen-bond donors (Lipinski definition) is 2. The fourth-order valence-corrected chi connectivity index (χ4v) is 4.83. The van der Waals surface area contributed by atoms with Crippen molar-refractivity contribution in [2.45, 2.75) is 19.4 Å². The summed E-state index contributed by atoms with van der Waals surface area (Å²) in [5, 5.41) is 2.89. The van der Waals surface area contributed by atoms with Crippen LogP contribution in [-0.2, 0) is 6.42 Å². The second kappa shape index (κ2) is 8.28. The lowest BCUT2D eigenvalue weighted by Gasteiger charge is -2.39. The monoisotopic (exact) mass is 427 g/mol. The predicted octanol–water partition coefficient (Wildman–Crippen LogP) is 3.42. The third-order valence-corrected chi connectivity index (χ3v) is 6.62. The molecule has 3 N–H and O–H groups in total. The van der Waals surface area contributed by atoms with E-state index in [1.807, 2.05) is 18.3 Å². The summed E-state index contributed by atoms with van der Waals surface area (Å²) in [4.78, 5) is 21.4. The Balaban J connectivity index is 1.44. The van der Waals surface area contributed by atoms with E-state index < -0.39 is 0 Å². The number of hydrogen-bond acceptors (Lipinski definition) is 5. The number of nitrogens with one attached hydrogen (secondary N) is 1. The van der Waals surface area contributed by atoms with Gasteiger partial charge in [-0.1, -0.05) is 24.3 Å². The van der Waals surface area contributed by atoms with Gasteiger partial charge in [-0.05, 0) is 61.3 Å². The average molecular weight is 428 g/mol. The lowest BCUT2D eigenvalue weighted by atomic mass is 9.94. The molecule has 3 aromatic rings. The highest BCUT2D eigenvalue weighted by atomic mass is 16.1. The van der Waals surface area contributed by atoms with Gasteiger partial charge in [0.1, 0.15) is 5.82 Å². The average Bonchev–Trinajstić information content (AvgIpc) is 2.80. The Morgan fingerprint density at radius 1 is 1.00 bits per heavy atom. The highest BCUT2D eigenvalue weighted by Crippen LogP contribution is 2.32. The molecular weight excluding hydrogens is 398 g/mol. The Bertz CT molecular complexity index is 1160. The van der Waals surface area contributed by atoms with Gasteiger partial charge in [-0.3, -0.25) is 4.79 Å². The minimum atomic E-state index is -0.00703. The largest absolute Gasteiger partial charge is 0.383 e. The summed E-state index contributed by atoms with van der Waals surface area (Å²) in [5.41, 5.74) is 13.3. The highest BCUT2D eigenvalue weighted by Gasteiger charge is 2.22. The zero-order chi connectivity index (χ0) is 22.2. The summed E-state index contributed by atoms with van der Waals surface area (Å²) < 4.78 is 0. The number of fused-ring (bicyclic) bond motifs is 1. The number of carbonyl (C=O) groups excluding carboxylic acids is 1. The molecule has 0 bridgehead atoms. The van der Waals surface area contributed by atoms with E-state index in [-0.39, 0.29) is 5.91 Å². The molecule has 6 heteroatoms. The third kappa shape index (κ3) is 3.82. The van der Waals surface area contributed by atoms with Crippen LogP contribution in [0.3, 0.4) is 0 Å². The van der Waals surface area contributed by atoms with Crippen LogP contribution < -0.4 is 16.0 Å². The van der Waals surface area contributed by atoms with Crippen molar-refractivity contribution in [3.05, 3.63) is 65.9 Å². The molecule has 0 unspecified atom stereocenters. The number of rotatable bonds is 3. The topological polar surface area (TPSA) is 74.5 Å². The number of carbonyl (C=O) groups is 1. The summed E-state index contributed by atoms with van der Waals surface area (Å²) in [5.74, 6) is 0.490. The zero-order valence-electron chi connectivity index (χ0n) is 18.6. The van der Waals surface area contributed by atoms with Crippen LogP contribution in [0.4, 0.5) is 11.5 Å². The number of nitrogens with two attached hydrogens (primary N) is 1. The van der Waals surface area contributed by atoms with Crippen LogP contribution in [0.15, 0.2) is 54.7 Å². The summed E-state index contributed by atoms with van der Waals surface area (Å²) in [6.07, 6.45) is 2.66. The number of pyridine rings is 1. The first-order valence-electron chi connectivity index (χ1n) is 11.2. The second-order valence-corrected chi connectivity index (χ2v) is 8.89. The van der Waals surface area contributed by atoms with Crippen molar-refractivity contribution in [3.8, 4) is 22.3 Å². The smallest absolute Gasteiger partial charge is 0.251 e. The van der Waals surface area contributed by atoms with E-state index in [1.54, 1.807) is 0 Å². The first kappa shape index (κ1) is 20.5. The predicted molar refractivity (Wildman–Crippen MR) is 130 cm³/mol. The SMILES string of the molecule is C[C@H]1CN(C)CCN1c1ccc(-c2cnc(N)c(-c3ccc4c(c3)CCNC4=O)c2)cc1. The summed E-state index contributed by atoms with van der Waals surface area (Å²) in [7, 11) is 2.18. The van der Waals surface area contributed by atoms with Gasteiger partial charge in [0.2, 0.25) is 0 Å². The molecule has 2 aromatic carbocycles. The molecule has 1 amide bonds. The molecular formula is C26H29N5O. The zero-order valence-corrected chi connectivity index (χ0v) is 18.6. The number of amides is 1. The molecule has 0 radical (unpaired) electrons. The van der Waals surface area contributed by atoms with Crippen molar-refractivity contribution in [3.63, 3.8) is 0 Å². The van der Waals surface area contributed by atoms with Gasteiger partial charge in [0.15, 0.2) is 0 Å². The van der Waals surface area contributed by atoms with Crippen LogP contribution in [0.2, 0.25) is 0 Å². The number of anilines is 2. The minimum absolute atomic E-state index is 0.00703. The van der Waals surface area contributed by atoms with E-state index in [0.29, 0.717) is 18.4 Å². The van der Waals surface area contributed by atoms with Crippen molar-refractivity contribution < 1.29 is 4.79 Å². The van der Waals surface area contributed by atoms with Crippen LogP contribution in [0.1, 0.15) is 22.8 Å². The van der Waals surface area contributed by atoms with Gasteiger partial charge < -0.3 is 20.9 Å². The van der Waals surface area contributed by atoms with E-state index >= 15 is 0 Å². The van der Waals surface area contributed by atoms with E-state index in [0.717, 1.165) is 59.4 Å². The van der Waals surface area contributed by atoms with Crippen LogP contribution in [0.5, 0.6) is 0 Å². The Morgan fingerprint density at radius 2 is 1.78 bits per heavy atom. The third-order valence-electron chi connectivity index (χ3n) is 6.62. The maximum atomic E-state index is 12.1. The number of nitrogen functional groups attached to an aromatic ring is 1. The lowest BCUT2D eigenvalue weighted by Crippen LogP contribution is -2.50. The van der Waals surface area contributed by atoms with Crippen LogP contribution in [0, 0.1) is 0 Å². The van der Waals surface area contributed by atoms with E-state index in [2.05, 4.69) is 70.5 Å². The standard InChI is InChI=1S/C26H29N5O/c1-17-16-30(2)11-12-31(17)22-6-3-18(4-7-22)21-14-24(25(27)29-15-21)19-5-8-23-20(13-19)9-10-28-26(23)32/h3-8,13-15,17H,9-12,16H2,1-2H3,(H2,27,29)(H,28,32)/t17-/m0/s1. The quantitative estimate of drug-likeness (QED) is 0.670. The van der Waals surface area contributed by atoms with Crippen molar-refractivity contribution in [2.75, 3.05) is 43.9 Å². The Morgan fingerprint density at radius 3 is 2.56 bits per heavy atom. The van der Waals surface area contributed by atoms with E-state index in [4.69, 9.17) is 5.73 Å². The molecule has 0 saturated carbocycles. The van der Waals surface area contributed by atoms with Gasteiger partial charge in [0, 0.05) is 60.8 Å². The van der Waals surface area contributed by atoms with Gasteiger partial charge >= 0.3 is 0 Å². The number of aromatic nitrogens is 1.